The van der Waals surface area contributed by atoms with Crippen molar-refractivity contribution in [1.82, 2.24) is 20.2 Å². The van der Waals surface area contributed by atoms with Crippen LogP contribution in [0.1, 0.15) is 44.9 Å². The fraction of sp³-hybridized carbons (Fsp3) is 0.722. The summed E-state index contributed by atoms with van der Waals surface area (Å²) in [6, 6.07) is 0.182. The van der Waals surface area contributed by atoms with Gasteiger partial charge in [0, 0.05) is 44.0 Å². The second-order valence-corrected chi connectivity index (χ2v) is 7.00. The summed E-state index contributed by atoms with van der Waals surface area (Å²) >= 11 is 0. The van der Waals surface area contributed by atoms with Crippen molar-refractivity contribution in [2.45, 2.75) is 63.6 Å². The maximum Gasteiger partial charge on any atom is 0.249 e. The first-order valence-electron chi connectivity index (χ1n) is 9.38. The normalized spacial score (nSPS) is 26.3. The van der Waals surface area contributed by atoms with E-state index in [0.29, 0.717) is 13.2 Å². The molecule has 0 spiro atoms. The van der Waals surface area contributed by atoms with Gasteiger partial charge in [-0.25, -0.2) is 4.98 Å². The smallest absolute Gasteiger partial charge is 0.249 e. The van der Waals surface area contributed by atoms with Gasteiger partial charge in [-0.1, -0.05) is 0 Å². The summed E-state index contributed by atoms with van der Waals surface area (Å²) in [4.78, 5) is 28.3. The summed E-state index contributed by atoms with van der Waals surface area (Å²) in [7, 11) is 0. The van der Waals surface area contributed by atoms with Crippen molar-refractivity contribution >= 4 is 11.8 Å². The van der Waals surface area contributed by atoms with E-state index in [1.54, 1.807) is 12.5 Å². The number of carbonyl (C=O) groups is 2. The second kappa shape index (κ2) is 8.99. The lowest BCUT2D eigenvalue weighted by molar-refractivity contribution is -0.131. The van der Waals surface area contributed by atoms with Crippen LogP contribution in [0.3, 0.4) is 0 Å². The Kier molecular flexibility index (Phi) is 6.44. The SMILES string of the molecule is O=C(NCCCn1ccnc1)C1CCC(NC(=O)[C@H]2CCCO2)CC1. The molecule has 2 N–H and O–H groups in total. The highest BCUT2D eigenvalue weighted by molar-refractivity contribution is 5.81. The molecule has 138 valence electrons. The molecule has 7 heteroatoms. The molecule has 0 bridgehead atoms. The fourth-order valence-corrected chi connectivity index (χ4v) is 3.62. The van der Waals surface area contributed by atoms with Crippen molar-refractivity contribution < 1.29 is 14.3 Å². The number of imidazole rings is 1. The Morgan fingerprint density at radius 1 is 1.16 bits per heavy atom. The summed E-state index contributed by atoms with van der Waals surface area (Å²) < 4.78 is 7.42. The molecule has 25 heavy (non-hydrogen) atoms. The molecule has 3 rings (SSSR count). The molecule has 1 aromatic rings. The Labute approximate surface area is 148 Å². The van der Waals surface area contributed by atoms with Crippen molar-refractivity contribution in [2.75, 3.05) is 13.2 Å². The van der Waals surface area contributed by atoms with Crippen LogP contribution in [0.5, 0.6) is 0 Å². The minimum atomic E-state index is -0.267. The van der Waals surface area contributed by atoms with Crippen LogP contribution >= 0.6 is 0 Å². The Balaban J connectivity index is 1.29. The molecule has 2 fully saturated rings. The predicted molar refractivity (Wildman–Crippen MR) is 92.7 cm³/mol. The average Bonchev–Trinajstić information content (AvgIpc) is 3.32. The highest BCUT2D eigenvalue weighted by atomic mass is 16.5. The van der Waals surface area contributed by atoms with Crippen LogP contribution in [0.25, 0.3) is 0 Å². The molecule has 2 amide bonds. The van der Waals surface area contributed by atoms with E-state index in [1.165, 1.54) is 0 Å². The first-order valence-corrected chi connectivity index (χ1v) is 9.38. The zero-order valence-corrected chi connectivity index (χ0v) is 14.7. The van der Waals surface area contributed by atoms with Gasteiger partial charge in [0.1, 0.15) is 6.10 Å². The van der Waals surface area contributed by atoms with E-state index in [0.717, 1.165) is 51.5 Å². The first kappa shape index (κ1) is 17.9. The Bertz CT molecular complexity index is 547. The topological polar surface area (TPSA) is 85.3 Å². The maximum absolute atomic E-state index is 12.3. The molecule has 0 aromatic carbocycles. The number of nitrogens with zero attached hydrogens (tertiary/aromatic N) is 2. The van der Waals surface area contributed by atoms with Gasteiger partial charge in [-0.3, -0.25) is 9.59 Å². The molecule has 2 heterocycles. The molecule has 1 aliphatic carbocycles. The van der Waals surface area contributed by atoms with Crippen LogP contribution in [-0.4, -0.2) is 46.7 Å². The van der Waals surface area contributed by atoms with Crippen LogP contribution in [0.4, 0.5) is 0 Å². The molecular weight excluding hydrogens is 320 g/mol. The zero-order chi connectivity index (χ0) is 17.5. The van der Waals surface area contributed by atoms with Crippen molar-refractivity contribution in [3.63, 3.8) is 0 Å². The molecule has 7 nitrogen and oxygen atoms in total. The van der Waals surface area contributed by atoms with Gasteiger partial charge in [-0.2, -0.15) is 0 Å². The minimum absolute atomic E-state index is 0.0184. The van der Waals surface area contributed by atoms with Gasteiger partial charge < -0.3 is 19.9 Å². The largest absolute Gasteiger partial charge is 0.368 e. The molecule has 1 aliphatic heterocycles. The maximum atomic E-state index is 12.3. The lowest BCUT2D eigenvalue weighted by Gasteiger charge is -2.29. The number of rotatable bonds is 7. The molecule has 1 saturated carbocycles. The summed E-state index contributed by atoms with van der Waals surface area (Å²) in [6.07, 6.45) is 11.3. The predicted octanol–water partition coefficient (Wildman–Crippen LogP) is 1.24. The first-order chi connectivity index (χ1) is 12.2. The van der Waals surface area contributed by atoms with Crippen LogP contribution in [0.15, 0.2) is 18.7 Å². The van der Waals surface area contributed by atoms with E-state index in [4.69, 9.17) is 4.74 Å². The molecular formula is C18H28N4O3. The fourth-order valence-electron chi connectivity index (χ4n) is 3.62. The van der Waals surface area contributed by atoms with Crippen LogP contribution in [0, 0.1) is 5.92 Å². The molecule has 1 atom stereocenters. The third-order valence-electron chi connectivity index (χ3n) is 5.12. The quantitative estimate of drug-likeness (QED) is 0.726. The van der Waals surface area contributed by atoms with E-state index in [1.807, 2.05) is 10.8 Å². The molecule has 0 unspecified atom stereocenters. The molecule has 2 aliphatic rings. The monoisotopic (exact) mass is 348 g/mol. The van der Waals surface area contributed by atoms with Crippen molar-refractivity contribution in [1.29, 1.82) is 0 Å². The number of hydrogen-bond donors (Lipinski definition) is 2. The number of aromatic nitrogens is 2. The van der Waals surface area contributed by atoms with Gasteiger partial charge >= 0.3 is 0 Å². The van der Waals surface area contributed by atoms with E-state index in [-0.39, 0.29) is 29.9 Å². The lowest BCUT2D eigenvalue weighted by atomic mass is 9.85. The van der Waals surface area contributed by atoms with Crippen molar-refractivity contribution in [3.8, 4) is 0 Å². The number of amides is 2. The van der Waals surface area contributed by atoms with Crippen LogP contribution < -0.4 is 10.6 Å². The second-order valence-electron chi connectivity index (χ2n) is 7.00. The number of nitrogens with one attached hydrogen (secondary N) is 2. The summed E-state index contributed by atoms with van der Waals surface area (Å²) in [5.41, 5.74) is 0. The minimum Gasteiger partial charge on any atom is -0.368 e. The molecule has 1 aromatic heterocycles. The van der Waals surface area contributed by atoms with Gasteiger partial charge in [-0.05, 0) is 44.9 Å². The lowest BCUT2D eigenvalue weighted by Crippen LogP contribution is -2.44. The van der Waals surface area contributed by atoms with Crippen LogP contribution in [0.2, 0.25) is 0 Å². The number of hydrogen-bond acceptors (Lipinski definition) is 4. The Hall–Kier alpha value is -1.89. The number of aryl methyl sites for hydroxylation is 1. The zero-order valence-electron chi connectivity index (χ0n) is 14.7. The van der Waals surface area contributed by atoms with Gasteiger partial charge in [0.05, 0.1) is 6.33 Å². The van der Waals surface area contributed by atoms with Gasteiger partial charge in [0.2, 0.25) is 11.8 Å². The van der Waals surface area contributed by atoms with E-state index >= 15 is 0 Å². The number of ether oxygens (including phenoxy) is 1. The third-order valence-corrected chi connectivity index (χ3v) is 5.12. The molecule has 1 saturated heterocycles. The Morgan fingerprint density at radius 2 is 2.00 bits per heavy atom. The summed E-state index contributed by atoms with van der Waals surface area (Å²) in [5.74, 6) is 0.239. The highest BCUT2D eigenvalue weighted by Crippen LogP contribution is 2.25. The third kappa shape index (κ3) is 5.29. The van der Waals surface area contributed by atoms with Crippen LogP contribution in [-0.2, 0) is 20.9 Å². The van der Waals surface area contributed by atoms with Gasteiger partial charge in [-0.15, -0.1) is 0 Å². The summed E-state index contributed by atoms with van der Waals surface area (Å²) in [6.45, 7) is 2.24. The van der Waals surface area contributed by atoms with Crippen molar-refractivity contribution in [3.05, 3.63) is 18.7 Å². The van der Waals surface area contributed by atoms with E-state index < -0.39 is 0 Å². The highest BCUT2D eigenvalue weighted by Gasteiger charge is 2.30. The average molecular weight is 348 g/mol. The van der Waals surface area contributed by atoms with Crippen molar-refractivity contribution in [2.24, 2.45) is 5.92 Å². The Morgan fingerprint density at radius 3 is 2.68 bits per heavy atom. The molecule has 0 radical (unpaired) electrons. The van der Waals surface area contributed by atoms with Gasteiger partial charge in [0.15, 0.2) is 0 Å². The van der Waals surface area contributed by atoms with E-state index in [9.17, 15) is 9.59 Å². The van der Waals surface area contributed by atoms with Gasteiger partial charge in [0.25, 0.3) is 0 Å². The standard InChI is InChI=1S/C18H28N4O3/c23-17(20-8-2-10-22-11-9-19-13-22)14-4-6-15(7-5-14)21-18(24)16-3-1-12-25-16/h9,11,13-16H,1-8,10,12H2,(H,20,23)(H,21,24)/t14?,15?,16-/m1/s1. The van der Waals surface area contributed by atoms with E-state index in [2.05, 4.69) is 15.6 Å². The summed E-state index contributed by atoms with van der Waals surface area (Å²) in [5, 5.41) is 6.12. The number of carbonyl (C=O) groups excluding carboxylic acids is 2.